The lowest BCUT2D eigenvalue weighted by Crippen LogP contribution is -2.44. The van der Waals surface area contributed by atoms with Crippen LogP contribution in [0.3, 0.4) is 0 Å². The zero-order valence-electron chi connectivity index (χ0n) is 11.2. The molecule has 1 saturated heterocycles. The molecule has 19 heavy (non-hydrogen) atoms. The third-order valence-electron chi connectivity index (χ3n) is 4.65. The maximum absolute atomic E-state index is 12.9. The van der Waals surface area contributed by atoms with Gasteiger partial charge in [-0.05, 0) is 25.7 Å². The number of hydrogen-bond acceptors (Lipinski definition) is 3. The molecular weight excluding hydrogens is 261 g/mol. The summed E-state index contributed by atoms with van der Waals surface area (Å²) in [5, 5.41) is 0. The lowest BCUT2D eigenvalue weighted by Gasteiger charge is -2.38. The van der Waals surface area contributed by atoms with E-state index in [2.05, 4.69) is 4.74 Å². The van der Waals surface area contributed by atoms with Gasteiger partial charge in [-0.1, -0.05) is 6.92 Å². The van der Waals surface area contributed by atoms with E-state index in [1.54, 1.807) is 0 Å². The Morgan fingerprint density at radius 3 is 2.42 bits per heavy atom. The van der Waals surface area contributed by atoms with Crippen molar-refractivity contribution in [3.8, 4) is 0 Å². The lowest BCUT2D eigenvalue weighted by atomic mass is 9.68. The van der Waals surface area contributed by atoms with Gasteiger partial charge in [-0.25, -0.2) is 0 Å². The Balaban J connectivity index is 2.25. The second-order valence-electron chi connectivity index (χ2n) is 5.66. The van der Waals surface area contributed by atoms with Crippen LogP contribution in [0.4, 0.5) is 13.2 Å². The van der Waals surface area contributed by atoms with Gasteiger partial charge in [0, 0.05) is 5.92 Å². The van der Waals surface area contributed by atoms with Crippen LogP contribution in [-0.2, 0) is 14.3 Å². The van der Waals surface area contributed by atoms with Crippen molar-refractivity contribution >= 4 is 5.97 Å². The molecule has 2 rings (SSSR count). The Hall–Kier alpha value is -0.780. The summed E-state index contributed by atoms with van der Waals surface area (Å²) in [4.78, 5) is 11.8. The first-order valence-corrected chi connectivity index (χ1v) is 6.55. The average molecular weight is 280 g/mol. The molecule has 0 amide bonds. The van der Waals surface area contributed by atoms with Crippen molar-refractivity contribution in [1.29, 1.82) is 0 Å². The maximum atomic E-state index is 12.9. The fraction of sp³-hybridized carbons (Fsp3) is 0.923. The summed E-state index contributed by atoms with van der Waals surface area (Å²) in [6.45, 7) is 3.78. The summed E-state index contributed by atoms with van der Waals surface area (Å²) in [5.41, 5.74) is 0. The minimum Gasteiger partial charge on any atom is -0.469 e. The van der Waals surface area contributed by atoms with Crippen LogP contribution in [0.2, 0.25) is 0 Å². The molecule has 0 radical (unpaired) electrons. The number of hydrogen-bond donors (Lipinski definition) is 0. The first-order chi connectivity index (χ1) is 8.75. The maximum Gasteiger partial charge on any atom is 0.391 e. The Morgan fingerprint density at radius 1 is 1.26 bits per heavy atom. The molecule has 110 valence electrons. The third kappa shape index (κ3) is 2.59. The van der Waals surface area contributed by atoms with Crippen LogP contribution in [-0.4, -0.2) is 31.5 Å². The predicted molar refractivity (Wildman–Crippen MR) is 61.3 cm³/mol. The van der Waals surface area contributed by atoms with Gasteiger partial charge >= 0.3 is 12.1 Å². The van der Waals surface area contributed by atoms with Crippen LogP contribution in [0.5, 0.6) is 0 Å². The van der Waals surface area contributed by atoms with E-state index in [0.717, 1.165) is 0 Å². The molecule has 1 aliphatic heterocycles. The molecule has 0 unspecified atom stereocenters. The topological polar surface area (TPSA) is 35.5 Å². The van der Waals surface area contributed by atoms with E-state index >= 15 is 0 Å². The number of carbonyl (C=O) groups is 1. The van der Waals surface area contributed by atoms with Gasteiger partial charge in [0.15, 0.2) is 0 Å². The Bertz CT molecular complexity index is 356. The number of carbonyl (C=O) groups excluding carboxylic acids is 1. The Labute approximate surface area is 110 Å². The minimum atomic E-state index is -4.28. The van der Waals surface area contributed by atoms with E-state index in [0.29, 0.717) is 0 Å². The van der Waals surface area contributed by atoms with Crippen LogP contribution in [0.25, 0.3) is 0 Å². The van der Waals surface area contributed by atoms with E-state index in [1.807, 2.05) is 13.8 Å². The first kappa shape index (κ1) is 14.6. The molecule has 1 aliphatic carbocycles. The van der Waals surface area contributed by atoms with Gasteiger partial charge in [-0.2, -0.15) is 13.2 Å². The Kier molecular flexibility index (Phi) is 3.82. The minimum absolute atomic E-state index is 0.0453. The molecule has 2 aliphatic rings. The van der Waals surface area contributed by atoms with Crippen molar-refractivity contribution in [2.24, 2.45) is 23.7 Å². The number of alkyl halides is 3. The summed E-state index contributed by atoms with van der Waals surface area (Å²) in [6.07, 6.45) is -5.12. The van der Waals surface area contributed by atoms with Gasteiger partial charge in [0.25, 0.3) is 0 Å². The van der Waals surface area contributed by atoms with Crippen molar-refractivity contribution < 1.29 is 27.4 Å². The lowest BCUT2D eigenvalue weighted by molar-refractivity contribution is -0.202. The molecule has 0 N–H and O–H groups in total. The van der Waals surface area contributed by atoms with Crippen LogP contribution < -0.4 is 0 Å². The molecule has 0 aromatic heterocycles. The SMILES string of the molecule is COC(=O)[C@@H]1C[C@H](C(F)(F)F)C[C@@H]2O[C@H](C)[C@H](C)[C@@H]21. The highest BCUT2D eigenvalue weighted by Crippen LogP contribution is 2.50. The molecule has 6 atom stereocenters. The molecule has 6 heteroatoms. The van der Waals surface area contributed by atoms with Gasteiger partial charge in [-0.3, -0.25) is 4.79 Å². The smallest absolute Gasteiger partial charge is 0.391 e. The fourth-order valence-electron chi connectivity index (χ4n) is 3.49. The summed E-state index contributed by atoms with van der Waals surface area (Å²) in [6, 6.07) is 0. The molecule has 0 aromatic rings. The molecule has 3 nitrogen and oxygen atoms in total. The number of methoxy groups -OCH3 is 1. The summed E-state index contributed by atoms with van der Waals surface area (Å²) in [7, 11) is 1.22. The van der Waals surface area contributed by atoms with Crippen molar-refractivity contribution in [3.63, 3.8) is 0 Å². The average Bonchev–Trinajstić information content (AvgIpc) is 2.62. The highest BCUT2D eigenvalue weighted by Gasteiger charge is 2.56. The van der Waals surface area contributed by atoms with E-state index in [9.17, 15) is 18.0 Å². The molecular formula is C13H19F3O3. The van der Waals surface area contributed by atoms with E-state index in [4.69, 9.17) is 4.74 Å². The number of fused-ring (bicyclic) bond motifs is 1. The third-order valence-corrected chi connectivity index (χ3v) is 4.65. The van der Waals surface area contributed by atoms with Gasteiger partial charge in [0.1, 0.15) is 0 Å². The molecule has 0 spiro atoms. The summed E-state index contributed by atoms with van der Waals surface area (Å²) in [5.74, 6) is -2.83. The van der Waals surface area contributed by atoms with Crippen molar-refractivity contribution in [2.45, 2.75) is 45.1 Å². The molecule has 1 saturated carbocycles. The normalized spacial score (nSPS) is 42.8. The quantitative estimate of drug-likeness (QED) is 0.693. The summed E-state index contributed by atoms with van der Waals surface area (Å²) < 4.78 is 49.1. The van der Waals surface area contributed by atoms with Crippen LogP contribution in [0.15, 0.2) is 0 Å². The van der Waals surface area contributed by atoms with Crippen LogP contribution >= 0.6 is 0 Å². The largest absolute Gasteiger partial charge is 0.469 e. The van der Waals surface area contributed by atoms with Crippen molar-refractivity contribution in [1.82, 2.24) is 0 Å². The standard InChI is InChI=1S/C13H19F3O3/c1-6-7(2)19-10-5-8(13(14,15)16)4-9(11(6)10)12(17)18-3/h6-11H,4-5H2,1-3H3/t6-,7+,8-,9+,10-,11+/m0/s1. The highest BCUT2D eigenvalue weighted by atomic mass is 19.4. The number of esters is 1. The van der Waals surface area contributed by atoms with Crippen molar-refractivity contribution in [2.75, 3.05) is 7.11 Å². The highest BCUT2D eigenvalue weighted by molar-refractivity contribution is 5.73. The zero-order valence-corrected chi connectivity index (χ0v) is 11.2. The van der Waals surface area contributed by atoms with Crippen LogP contribution in [0.1, 0.15) is 26.7 Å². The number of halogens is 3. The van der Waals surface area contributed by atoms with E-state index < -0.39 is 30.1 Å². The predicted octanol–water partition coefficient (Wildman–Crippen LogP) is 2.79. The van der Waals surface area contributed by atoms with Crippen LogP contribution in [0, 0.1) is 23.7 Å². The second-order valence-corrected chi connectivity index (χ2v) is 5.66. The number of rotatable bonds is 1. The van der Waals surface area contributed by atoms with E-state index in [1.165, 1.54) is 7.11 Å². The molecule has 0 bridgehead atoms. The summed E-state index contributed by atoms with van der Waals surface area (Å²) >= 11 is 0. The fourth-order valence-corrected chi connectivity index (χ4v) is 3.49. The van der Waals surface area contributed by atoms with Gasteiger partial charge < -0.3 is 9.47 Å². The molecule has 1 heterocycles. The van der Waals surface area contributed by atoms with Gasteiger partial charge in [0.2, 0.25) is 0 Å². The van der Waals surface area contributed by atoms with Gasteiger partial charge in [-0.15, -0.1) is 0 Å². The molecule has 2 fully saturated rings. The second kappa shape index (κ2) is 4.96. The van der Waals surface area contributed by atoms with E-state index in [-0.39, 0.29) is 30.8 Å². The van der Waals surface area contributed by atoms with Gasteiger partial charge in [0.05, 0.1) is 31.2 Å². The van der Waals surface area contributed by atoms with Crippen molar-refractivity contribution in [3.05, 3.63) is 0 Å². The molecule has 0 aromatic carbocycles. The zero-order chi connectivity index (χ0) is 14.4. The Morgan fingerprint density at radius 2 is 1.89 bits per heavy atom. The number of ether oxygens (including phenoxy) is 2. The first-order valence-electron chi connectivity index (χ1n) is 6.55. The monoisotopic (exact) mass is 280 g/mol.